The Kier molecular flexibility index (Phi) is 4.85. The molecule has 0 fully saturated rings. The number of aryl methyl sites for hydroxylation is 2. The number of hydrogen-bond donors (Lipinski definition) is 3. The Bertz CT molecular complexity index is 484. The molecular weight excluding hydrogens is 236 g/mol. The van der Waals surface area contributed by atoms with Crippen molar-refractivity contribution < 1.29 is 9.53 Å². The predicted molar refractivity (Wildman–Crippen MR) is 66.3 cm³/mol. The molecule has 0 aliphatic carbocycles. The number of ether oxygens (including phenoxy) is 1. The van der Waals surface area contributed by atoms with Crippen molar-refractivity contribution in [1.82, 2.24) is 15.3 Å². The van der Waals surface area contributed by atoms with Gasteiger partial charge in [0.1, 0.15) is 12.4 Å². The van der Waals surface area contributed by atoms with Crippen LogP contribution in [0.4, 0.5) is 4.79 Å². The number of nitrogens with zero attached hydrogens (tertiary/aromatic N) is 1. The number of carbonyl (C=O) groups excluding carboxylic acids is 1. The summed E-state index contributed by atoms with van der Waals surface area (Å²) in [6.45, 7) is 5.94. The van der Waals surface area contributed by atoms with Gasteiger partial charge in [-0.25, -0.2) is 9.78 Å². The number of nitrogens with one attached hydrogen (secondary N) is 2. The topological polar surface area (TPSA) is 110 Å². The highest BCUT2D eigenvalue weighted by molar-refractivity contribution is 5.64. The number of H-pyrrole nitrogens is 1. The average Bonchev–Trinajstić information content (AvgIpc) is 2.22. The first-order chi connectivity index (χ1) is 8.41. The molecule has 1 aromatic rings. The van der Waals surface area contributed by atoms with Gasteiger partial charge < -0.3 is 20.8 Å². The maximum Gasteiger partial charge on any atom is 0.404 e. The Morgan fingerprint density at radius 3 is 2.78 bits per heavy atom. The summed E-state index contributed by atoms with van der Waals surface area (Å²) in [6, 6.07) is -0.182. The third-order valence-electron chi connectivity index (χ3n) is 2.49. The third kappa shape index (κ3) is 3.85. The molecule has 18 heavy (non-hydrogen) atoms. The molecule has 0 aliphatic heterocycles. The second-order valence-electron chi connectivity index (χ2n) is 3.99. The first kappa shape index (κ1) is 14.2. The van der Waals surface area contributed by atoms with Gasteiger partial charge in [0.25, 0.3) is 5.56 Å². The summed E-state index contributed by atoms with van der Waals surface area (Å²) in [4.78, 5) is 29.0. The minimum Gasteiger partial charge on any atom is -0.448 e. The van der Waals surface area contributed by atoms with Gasteiger partial charge in [-0.05, 0) is 20.8 Å². The van der Waals surface area contributed by atoms with Gasteiger partial charge in [0.05, 0.1) is 5.56 Å². The highest BCUT2D eigenvalue weighted by Crippen LogP contribution is 2.10. The highest BCUT2D eigenvalue weighted by Gasteiger charge is 2.13. The van der Waals surface area contributed by atoms with Crippen LogP contribution < -0.4 is 16.6 Å². The molecule has 1 amide bonds. The van der Waals surface area contributed by atoms with Gasteiger partial charge in [-0.3, -0.25) is 4.79 Å². The van der Waals surface area contributed by atoms with Gasteiger partial charge >= 0.3 is 6.09 Å². The summed E-state index contributed by atoms with van der Waals surface area (Å²) >= 11 is 0. The predicted octanol–water partition coefficient (Wildman–Crippen LogP) is 0.133. The molecule has 1 rings (SSSR count). The average molecular weight is 254 g/mol. The summed E-state index contributed by atoms with van der Waals surface area (Å²) in [5, 5.41) is 3.06. The molecule has 1 aromatic heterocycles. The fourth-order valence-corrected chi connectivity index (χ4v) is 1.77. The van der Waals surface area contributed by atoms with E-state index in [4.69, 9.17) is 5.73 Å². The maximum absolute atomic E-state index is 11.8. The van der Waals surface area contributed by atoms with E-state index in [0.717, 1.165) is 0 Å². The maximum atomic E-state index is 11.8. The van der Waals surface area contributed by atoms with Crippen LogP contribution in [0, 0.1) is 13.8 Å². The zero-order valence-corrected chi connectivity index (χ0v) is 10.7. The molecule has 100 valence electrons. The Morgan fingerprint density at radius 2 is 2.22 bits per heavy atom. The Hall–Kier alpha value is -1.89. The van der Waals surface area contributed by atoms with Crippen molar-refractivity contribution in [2.45, 2.75) is 26.8 Å². The molecular formula is C11H18N4O3. The van der Waals surface area contributed by atoms with Crippen LogP contribution in [0.15, 0.2) is 4.79 Å². The molecule has 0 saturated heterocycles. The molecule has 0 aromatic carbocycles. The van der Waals surface area contributed by atoms with Crippen LogP contribution in [0.1, 0.15) is 30.0 Å². The zero-order valence-electron chi connectivity index (χ0n) is 10.7. The smallest absolute Gasteiger partial charge is 0.404 e. The molecule has 0 saturated carbocycles. The number of nitrogens with two attached hydrogens (primary N) is 1. The number of aromatic nitrogens is 2. The van der Waals surface area contributed by atoms with E-state index in [1.807, 2.05) is 6.92 Å². The van der Waals surface area contributed by atoms with Crippen molar-refractivity contribution in [3.05, 3.63) is 27.4 Å². The molecule has 0 bridgehead atoms. The lowest BCUT2D eigenvalue weighted by Gasteiger charge is -2.15. The Morgan fingerprint density at radius 1 is 1.56 bits per heavy atom. The van der Waals surface area contributed by atoms with Crippen LogP contribution in [-0.4, -0.2) is 29.2 Å². The number of aromatic amines is 1. The summed E-state index contributed by atoms with van der Waals surface area (Å²) in [6.07, 6.45) is -0.810. The first-order valence-corrected chi connectivity index (χ1v) is 5.65. The summed E-state index contributed by atoms with van der Waals surface area (Å²) in [7, 11) is 0. The summed E-state index contributed by atoms with van der Waals surface area (Å²) in [5.41, 5.74) is 5.94. The summed E-state index contributed by atoms with van der Waals surface area (Å²) < 4.78 is 4.58. The minimum absolute atomic E-state index is 0.157. The largest absolute Gasteiger partial charge is 0.448 e. The lowest BCUT2D eigenvalue weighted by atomic mass is 10.1. The van der Waals surface area contributed by atoms with Crippen LogP contribution in [-0.2, 0) is 4.74 Å². The summed E-state index contributed by atoms with van der Waals surface area (Å²) in [5.74, 6) is 0.588. The minimum atomic E-state index is -0.810. The molecule has 7 nitrogen and oxygen atoms in total. The molecule has 7 heteroatoms. The van der Waals surface area contributed by atoms with E-state index < -0.39 is 6.09 Å². The van der Waals surface area contributed by atoms with Crippen LogP contribution in [0.25, 0.3) is 0 Å². The first-order valence-electron chi connectivity index (χ1n) is 5.65. The van der Waals surface area contributed by atoms with Crippen molar-refractivity contribution in [1.29, 1.82) is 0 Å². The van der Waals surface area contributed by atoms with E-state index in [-0.39, 0.29) is 18.2 Å². The van der Waals surface area contributed by atoms with Crippen molar-refractivity contribution in [2.24, 2.45) is 5.73 Å². The van der Waals surface area contributed by atoms with E-state index in [9.17, 15) is 9.59 Å². The number of rotatable bonds is 5. The van der Waals surface area contributed by atoms with E-state index in [1.54, 1.807) is 13.8 Å². The number of amides is 1. The normalized spacial score (nSPS) is 12.2. The van der Waals surface area contributed by atoms with E-state index in [0.29, 0.717) is 23.6 Å². The lowest BCUT2D eigenvalue weighted by Crippen LogP contribution is -2.31. The third-order valence-corrected chi connectivity index (χ3v) is 2.49. The monoisotopic (exact) mass is 254 g/mol. The molecule has 1 unspecified atom stereocenters. The number of carbonyl (C=O) groups is 1. The van der Waals surface area contributed by atoms with Crippen LogP contribution in [0.2, 0.25) is 0 Å². The molecule has 0 spiro atoms. The highest BCUT2D eigenvalue weighted by atomic mass is 16.5. The van der Waals surface area contributed by atoms with Gasteiger partial charge in [0.2, 0.25) is 0 Å². The second-order valence-corrected chi connectivity index (χ2v) is 3.99. The van der Waals surface area contributed by atoms with Crippen LogP contribution in [0.3, 0.4) is 0 Å². The van der Waals surface area contributed by atoms with Crippen molar-refractivity contribution >= 4 is 6.09 Å². The van der Waals surface area contributed by atoms with E-state index in [2.05, 4.69) is 20.0 Å². The van der Waals surface area contributed by atoms with Crippen LogP contribution >= 0.6 is 0 Å². The van der Waals surface area contributed by atoms with E-state index >= 15 is 0 Å². The van der Waals surface area contributed by atoms with Crippen molar-refractivity contribution in [3.63, 3.8) is 0 Å². The quantitative estimate of drug-likeness (QED) is 0.647. The van der Waals surface area contributed by atoms with Gasteiger partial charge in [0, 0.05) is 18.3 Å². The fourth-order valence-electron chi connectivity index (χ4n) is 1.77. The molecule has 0 radical (unpaired) electrons. The molecule has 1 atom stereocenters. The zero-order chi connectivity index (χ0) is 13.7. The standard InChI is InChI=1S/C11H18N4O3/c1-6(13-4-5-18-11(12)17)9-7(2)14-8(3)15-10(9)16/h6,13H,4-5H2,1-3H3,(H2,12,17)(H,14,15,16). The second kappa shape index (κ2) is 6.15. The molecule has 4 N–H and O–H groups in total. The molecule has 1 heterocycles. The molecule has 0 aliphatic rings. The van der Waals surface area contributed by atoms with Crippen LogP contribution in [0.5, 0.6) is 0 Å². The van der Waals surface area contributed by atoms with Crippen molar-refractivity contribution in [2.75, 3.05) is 13.2 Å². The number of primary amides is 1. The van der Waals surface area contributed by atoms with Crippen molar-refractivity contribution in [3.8, 4) is 0 Å². The van der Waals surface area contributed by atoms with Gasteiger partial charge in [-0.2, -0.15) is 0 Å². The fraction of sp³-hybridized carbons (Fsp3) is 0.545. The van der Waals surface area contributed by atoms with Gasteiger partial charge in [-0.15, -0.1) is 0 Å². The van der Waals surface area contributed by atoms with Gasteiger partial charge in [-0.1, -0.05) is 0 Å². The Labute approximate surface area is 105 Å². The lowest BCUT2D eigenvalue weighted by molar-refractivity contribution is 0.156. The Balaban J connectivity index is 2.64. The van der Waals surface area contributed by atoms with Gasteiger partial charge in [0.15, 0.2) is 0 Å². The number of hydrogen-bond acceptors (Lipinski definition) is 5. The SMILES string of the molecule is Cc1nc(C)c(C(C)NCCOC(N)=O)c(=O)[nH]1. The van der Waals surface area contributed by atoms with E-state index in [1.165, 1.54) is 0 Å².